The number of hydrogen-bond acceptors (Lipinski definition) is 7. The minimum absolute atomic E-state index is 0.0359. The molecule has 2 aliphatic carbocycles. The highest BCUT2D eigenvalue weighted by Gasteiger charge is 2.75. The summed E-state index contributed by atoms with van der Waals surface area (Å²) in [5.41, 5.74) is 3.48. The van der Waals surface area contributed by atoms with E-state index in [4.69, 9.17) is 27.9 Å². The normalized spacial score (nSPS) is 29.9. The first-order valence-electron chi connectivity index (χ1n) is 15.2. The molecule has 2 heterocycles. The van der Waals surface area contributed by atoms with Crippen molar-refractivity contribution < 1.29 is 29.0 Å². The van der Waals surface area contributed by atoms with Crippen molar-refractivity contribution in [3.8, 4) is 11.5 Å². The van der Waals surface area contributed by atoms with E-state index < -0.39 is 45.2 Å². The van der Waals surface area contributed by atoms with E-state index in [2.05, 4.69) is 5.32 Å². The second kappa shape index (κ2) is 11.3. The maximum absolute atomic E-state index is 14.2. The number of phenolic OH excluding ortho intramolecular Hbond substituents is 1. The molecule has 4 aliphatic rings. The van der Waals surface area contributed by atoms with Gasteiger partial charge in [-0.2, -0.15) is 0 Å². The summed E-state index contributed by atoms with van der Waals surface area (Å²) >= 11 is 14.4. The van der Waals surface area contributed by atoms with E-state index in [1.54, 1.807) is 36.4 Å². The van der Waals surface area contributed by atoms with Crippen molar-refractivity contribution in [2.75, 3.05) is 24.4 Å². The second-order valence-electron chi connectivity index (χ2n) is 12.4. The lowest BCUT2D eigenvalue weighted by Crippen LogP contribution is -2.60. The number of imide groups is 2. The molecule has 2 saturated heterocycles. The summed E-state index contributed by atoms with van der Waals surface area (Å²) < 4.78 is 5.24. The monoisotopic (exact) mass is 671 g/mol. The molecule has 11 heteroatoms. The van der Waals surface area contributed by atoms with Gasteiger partial charge >= 0.3 is 0 Å². The van der Waals surface area contributed by atoms with Gasteiger partial charge < -0.3 is 15.2 Å². The standard InChI is InChI=1S/C36H31Cl2N3O6/c1-40-33(45)35(37)19-26-24(27(36(35,38)34(40)46)16-8-20-9-17-28(42)29(18-20)47-2)14-15-25-30(26)32(44)41(31(25)43)23-12-10-22(11-13-23)39-21-6-4-3-5-7-21/h3-14,16-18,25-27,30,39,42H,15,19H2,1-2H3. The maximum atomic E-state index is 14.2. The Kier molecular flexibility index (Phi) is 7.44. The molecule has 7 rings (SSSR count). The fourth-order valence-electron chi connectivity index (χ4n) is 7.63. The van der Waals surface area contributed by atoms with Crippen LogP contribution in [0.3, 0.4) is 0 Å². The predicted molar refractivity (Wildman–Crippen MR) is 179 cm³/mol. The first-order chi connectivity index (χ1) is 22.5. The van der Waals surface area contributed by atoms with Crippen LogP contribution in [0.4, 0.5) is 17.1 Å². The number of allylic oxidation sites excluding steroid dienone is 3. The quantitative estimate of drug-likeness (QED) is 0.191. The molecule has 3 fully saturated rings. The molecule has 240 valence electrons. The Morgan fingerprint density at radius 3 is 2.32 bits per heavy atom. The number of nitrogens with one attached hydrogen (secondary N) is 1. The number of halogens is 2. The smallest absolute Gasteiger partial charge is 0.253 e. The van der Waals surface area contributed by atoms with Gasteiger partial charge in [-0.3, -0.25) is 29.0 Å². The van der Waals surface area contributed by atoms with Gasteiger partial charge in [-0.05, 0) is 72.9 Å². The predicted octanol–water partition coefficient (Wildman–Crippen LogP) is 5.88. The molecule has 0 radical (unpaired) electrons. The summed E-state index contributed by atoms with van der Waals surface area (Å²) in [6, 6.07) is 21.5. The molecule has 2 aliphatic heterocycles. The van der Waals surface area contributed by atoms with Crippen molar-refractivity contribution in [3.63, 3.8) is 0 Å². The van der Waals surface area contributed by atoms with Crippen LogP contribution < -0.4 is 15.0 Å². The number of alkyl halides is 2. The lowest BCUT2D eigenvalue weighted by Gasteiger charge is -2.49. The van der Waals surface area contributed by atoms with Gasteiger partial charge in [-0.1, -0.05) is 48.1 Å². The third-order valence-electron chi connectivity index (χ3n) is 9.94. The summed E-state index contributed by atoms with van der Waals surface area (Å²) in [5.74, 6) is -4.68. The molecular weight excluding hydrogens is 641 g/mol. The van der Waals surface area contributed by atoms with Gasteiger partial charge in [0.05, 0.1) is 24.6 Å². The van der Waals surface area contributed by atoms with Crippen LogP contribution in [0.5, 0.6) is 11.5 Å². The summed E-state index contributed by atoms with van der Waals surface area (Å²) in [6.45, 7) is 0. The molecule has 4 amide bonds. The largest absolute Gasteiger partial charge is 0.504 e. The first kappa shape index (κ1) is 31.0. The Morgan fingerprint density at radius 2 is 1.62 bits per heavy atom. The average molecular weight is 673 g/mol. The molecule has 1 saturated carbocycles. The number of anilines is 3. The minimum Gasteiger partial charge on any atom is -0.504 e. The Labute approximate surface area is 281 Å². The van der Waals surface area contributed by atoms with E-state index in [1.807, 2.05) is 48.5 Å². The van der Waals surface area contributed by atoms with Crippen LogP contribution in [0.15, 0.2) is 90.5 Å². The van der Waals surface area contributed by atoms with E-state index in [9.17, 15) is 24.3 Å². The van der Waals surface area contributed by atoms with Crippen molar-refractivity contribution >= 4 is 70.0 Å². The van der Waals surface area contributed by atoms with Crippen LogP contribution in [-0.4, -0.2) is 57.5 Å². The number of carbonyl (C=O) groups is 4. The van der Waals surface area contributed by atoms with Gasteiger partial charge in [-0.15, -0.1) is 23.2 Å². The van der Waals surface area contributed by atoms with Crippen LogP contribution in [0.1, 0.15) is 18.4 Å². The third kappa shape index (κ3) is 4.58. The molecule has 3 aromatic rings. The van der Waals surface area contributed by atoms with Gasteiger partial charge in [0.2, 0.25) is 11.8 Å². The number of ether oxygens (including phenoxy) is 1. The third-order valence-corrected chi connectivity index (χ3v) is 11.4. The number of amides is 4. The Hall–Kier alpha value is -4.60. The van der Waals surface area contributed by atoms with Gasteiger partial charge in [-0.25, -0.2) is 0 Å². The van der Waals surface area contributed by atoms with Gasteiger partial charge in [0.1, 0.15) is 0 Å². The van der Waals surface area contributed by atoms with E-state index in [0.29, 0.717) is 16.8 Å². The van der Waals surface area contributed by atoms with E-state index >= 15 is 0 Å². The highest BCUT2D eigenvalue weighted by Crippen LogP contribution is 2.63. The van der Waals surface area contributed by atoms with E-state index in [-0.39, 0.29) is 36.2 Å². The highest BCUT2D eigenvalue weighted by atomic mass is 35.5. The van der Waals surface area contributed by atoms with Crippen LogP contribution >= 0.6 is 23.2 Å². The maximum Gasteiger partial charge on any atom is 0.253 e. The molecule has 0 bridgehead atoms. The van der Waals surface area contributed by atoms with Crippen LogP contribution in [0.2, 0.25) is 0 Å². The number of likely N-dealkylation sites (tertiary alicyclic amines) is 1. The van der Waals surface area contributed by atoms with Gasteiger partial charge in [0, 0.05) is 24.3 Å². The number of rotatable bonds is 6. The van der Waals surface area contributed by atoms with Crippen molar-refractivity contribution in [2.45, 2.75) is 22.6 Å². The number of fused-ring (bicyclic) bond motifs is 4. The lowest BCUT2D eigenvalue weighted by atomic mass is 9.57. The number of aromatic hydroxyl groups is 1. The SMILES string of the molecule is COc1cc(C=CC2C3=CCC4C(=O)N(c5ccc(Nc6ccccc6)cc5)C(=O)C4C3CC3(Cl)C(=O)N(C)C(=O)C23Cl)ccc1O. The molecule has 2 N–H and O–H groups in total. The molecule has 6 atom stereocenters. The Balaban J connectivity index is 1.24. The van der Waals surface area contributed by atoms with Crippen molar-refractivity contribution in [2.24, 2.45) is 23.7 Å². The number of nitrogens with zero attached hydrogens (tertiary/aromatic N) is 2. The fraction of sp³-hybridized carbons (Fsp3) is 0.278. The number of hydrogen-bond donors (Lipinski definition) is 2. The number of phenols is 1. The second-order valence-corrected chi connectivity index (χ2v) is 13.6. The van der Waals surface area contributed by atoms with Crippen LogP contribution in [0, 0.1) is 23.7 Å². The number of carbonyl (C=O) groups excluding carboxylic acids is 4. The molecule has 47 heavy (non-hydrogen) atoms. The molecule has 3 aromatic carbocycles. The fourth-order valence-corrected chi connectivity index (χ4v) is 8.61. The molecule has 0 spiro atoms. The van der Waals surface area contributed by atoms with Crippen molar-refractivity contribution in [1.29, 1.82) is 0 Å². The van der Waals surface area contributed by atoms with E-state index in [0.717, 1.165) is 16.3 Å². The lowest BCUT2D eigenvalue weighted by molar-refractivity contribution is -0.138. The Bertz CT molecular complexity index is 1880. The molecule has 9 nitrogen and oxygen atoms in total. The molecule has 6 unspecified atom stereocenters. The van der Waals surface area contributed by atoms with E-state index in [1.165, 1.54) is 25.1 Å². The summed E-state index contributed by atoms with van der Waals surface area (Å²) in [6.07, 6.45) is 5.51. The minimum atomic E-state index is -1.86. The Morgan fingerprint density at radius 1 is 0.915 bits per heavy atom. The molecule has 0 aromatic heterocycles. The zero-order valence-electron chi connectivity index (χ0n) is 25.5. The topological polar surface area (TPSA) is 116 Å². The molecular formula is C36H31Cl2N3O6. The van der Waals surface area contributed by atoms with Crippen molar-refractivity contribution in [3.05, 3.63) is 96.1 Å². The average Bonchev–Trinajstić information content (AvgIpc) is 3.40. The van der Waals surface area contributed by atoms with Crippen LogP contribution in [0.25, 0.3) is 6.08 Å². The van der Waals surface area contributed by atoms with Gasteiger partial charge in [0.25, 0.3) is 11.8 Å². The zero-order chi connectivity index (χ0) is 33.2. The summed E-state index contributed by atoms with van der Waals surface area (Å²) in [5, 5.41) is 13.4. The van der Waals surface area contributed by atoms with Gasteiger partial charge in [0.15, 0.2) is 21.2 Å². The summed E-state index contributed by atoms with van der Waals surface area (Å²) in [4.78, 5) is 53.8. The first-order valence-corrected chi connectivity index (χ1v) is 16.0. The van der Waals surface area contributed by atoms with Crippen LogP contribution in [-0.2, 0) is 19.2 Å². The highest BCUT2D eigenvalue weighted by molar-refractivity contribution is 6.53. The number of para-hydroxylation sites is 1. The van der Waals surface area contributed by atoms with Crippen molar-refractivity contribution in [1.82, 2.24) is 4.90 Å². The zero-order valence-corrected chi connectivity index (χ0v) is 27.0. The number of methoxy groups -OCH3 is 1. The summed E-state index contributed by atoms with van der Waals surface area (Å²) in [7, 11) is 2.79. The number of benzene rings is 3.